The van der Waals surface area contributed by atoms with Crippen LogP contribution in [0.4, 0.5) is 11.4 Å². The van der Waals surface area contributed by atoms with Crippen molar-refractivity contribution in [3.05, 3.63) is 52.6 Å². The summed E-state index contributed by atoms with van der Waals surface area (Å²) in [6, 6.07) is 6.40. The van der Waals surface area contributed by atoms with Crippen molar-refractivity contribution in [2.75, 3.05) is 5.32 Å². The molecule has 6 nitrogen and oxygen atoms in total. The third-order valence-electron chi connectivity index (χ3n) is 2.81. The fourth-order valence-corrected chi connectivity index (χ4v) is 1.83. The summed E-state index contributed by atoms with van der Waals surface area (Å²) < 4.78 is 2.10. The van der Waals surface area contributed by atoms with Crippen LogP contribution in [0.2, 0.25) is 0 Å². The van der Waals surface area contributed by atoms with Gasteiger partial charge in [0.25, 0.3) is 5.69 Å². The summed E-state index contributed by atoms with van der Waals surface area (Å²) >= 11 is 0. The Kier molecular flexibility index (Phi) is 4.12. The van der Waals surface area contributed by atoms with E-state index in [1.807, 2.05) is 12.5 Å². The Labute approximate surface area is 111 Å². The number of non-ortho nitro benzene ring substituents is 1. The lowest BCUT2D eigenvalue weighted by Gasteiger charge is -2.09. The molecule has 0 spiro atoms. The molecule has 1 aromatic heterocycles. The molecule has 0 aliphatic heterocycles. The van der Waals surface area contributed by atoms with Crippen LogP contribution in [0.1, 0.15) is 19.0 Å². The lowest BCUT2D eigenvalue weighted by atomic mass is 10.3. The molecule has 0 aliphatic rings. The van der Waals surface area contributed by atoms with Crippen LogP contribution in [0, 0.1) is 10.1 Å². The van der Waals surface area contributed by atoms with Crippen molar-refractivity contribution in [3.63, 3.8) is 0 Å². The maximum Gasteiger partial charge on any atom is 0.269 e. The average molecular weight is 260 g/mol. The van der Waals surface area contributed by atoms with Crippen LogP contribution in [0.3, 0.4) is 0 Å². The van der Waals surface area contributed by atoms with Gasteiger partial charge in [0.15, 0.2) is 0 Å². The number of nitro groups is 1. The average Bonchev–Trinajstić information content (AvgIpc) is 2.85. The first-order valence-corrected chi connectivity index (χ1v) is 6.18. The number of rotatable bonds is 6. The quantitative estimate of drug-likeness (QED) is 0.640. The van der Waals surface area contributed by atoms with Crippen LogP contribution in [0.25, 0.3) is 0 Å². The van der Waals surface area contributed by atoms with Crippen molar-refractivity contribution < 1.29 is 4.92 Å². The second-order valence-corrected chi connectivity index (χ2v) is 4.24. The highest BCUT2D eigenvalue weighted by Crippen LogP contribution is 2.16. The molecule has 1 N–H and O–H groups in total. The number of hydrogen-bond acceptors (Lipinski definition) is 4. The van der Waals surface area contributed by atoms with E-state index < -0.39 is 4.92 Å². The molecule has 2 aromatic rings. The van der Waals surface area contributed by atoms with E-state index in [0.717, 1.165) is 24.3 Å². The standard InChI is InChI=1S/C13H16N4O2/c1-2-7-16-10-14-8-13(16)9-15-11-3-5-12(6-4-11)17(18)19/h3-6,8,10,15H,2,7,9H2,1H3. The van der Waals surface area contributed by atoms with Crippen molar-refractivity contribution in [3.8, 4) is 0 Å². The number of benzene rings is 1. The van der Waals surface area contributed by atoms with Crippen LogP contribution in [0.15, 0.2) is 36.8 Å². The number of nitrogens with one attached hydrogen (secondary N) is 1. The molecule has 0 saturated carbocycles. The minimum atomic E-state index is -0.403. The van der Waals surface area contributed by atoms with Crippen LogP contribution in [-0.4, -0.2) is 14.5 Å². The zero-order chi connectivity index (χ0) is 13.7. The fourth-order valence-electron chi connectivity index (χ4n) is 1.83. The number of imidazole rings is 1. The van der Waals surface area contributed by atoms with Gasteiger partial charge in [-0.05, 0) is 18.6 Å². The predicted octanol–water partition coefficient (Wildman–Crippen LogP) is 2.81. The topological polar surface area (TPSA) is 73.0 Å². The predicted molar refractivity (Wildman–Crippen MR) is 72.9 cm³/mol. The van der Waals surface area contributed by atoms with Crippen molar-refractivity contribution in [1.82, 2.24) is 9.55 Å². The summed E-state index contributed by atoms with van der Waals surface area (Å²) in [5.74, 6) is 0. The van der Waals surface area contributed by atoms with Gasteiger partial charge in [-0.3, -0.25) is 10.1 Å². The van der Waals surface area contributed by atoms with E-state index in [9.17, 15) is 10.1 Å². The van der Waals surface area contributed by atoms with E-state index >= 15 is 0 Å². The Hall–Kier alpha value is -2.37. The van der Waals surface area contributed by atoms with Gasteiger partial charge in [-0.15, -0.1) is 0 Å². The maximum atomic E-state index is 10.5. The molecule has 19 heavy (non-hydrogen) atoms. The van der Waals surface area contributed by atoms with Gasteiger partial charge in [0.1, 0.15) is 0 Å². The third-order valence-corrected chi connectivity index (χ3v) is 2.81. The molecule has 2 rings (SSSR count). The second kappa shape index (κ2) is 5.99. The lowest BCUT2D eigenvalue weighted by molar-refractivity contribution is -0.384. The number of anilines is 1. The van der Waals surface area contributed by atoms with Crippen molar-refractivity contribution in [2.24, 2.45) is 0 Å². The Morgan fingerprint density at radius 1 is 1.37 bits per heavy atom. The van der Waals surface area contributed by atoms with Crippen molar-refractivity contribution in [2.45, 2.75) is 26.4 Å². The highest BCUT2D eigenvalue weighted by atomic mass is 16.6. The molecular weight excluding hydrogens is 244 g/mol. The minimum Gasteiger partial charge on any atom is -0.379 e. The molecule has 6 heteroatoms. The molecule has 0 atom stereocenters. The summed E-state index contributed by atoms with van der Waals surface area (Å²) in [5, 5.41) is 13.8. The fraction of sp³-hybridized carbons (Fsp3) is 0.308. The van der Waals surface area contributed by atoms with Gasteiger partial charge in [0.2, 0.25) is 0 Å². The summed E-state index contributed by atoms with van der Waals surface area (Å²) in [6.07, 6.45) is 4.70. The number of nitrogens with zero attached hydrogens (tertiary/aromatic N) is 3. The van der Waals surface area contributed by atoms with Gasteiger partial charge in [0, 0.05) is 30.6 Å². The van der Waals surface area contributed by atoms with Crippen LogP contribution in [0.5, 0.6) is 0 Å². The molecule has 0 amide bonds. The summed E-state index contributed by atoms with van der Waals surface area (Å²) in [4.78, 5) is 14.3. The summed E-state index contributed by atoms with van der Waals surface area (Å²) in [7, 11) is 0. The van der Waals surface area contributed by atoms with Crippen LogP contribution < -0.4 is 5.32 Å². The van der Waals surface area contributed by atoms with Crippen molar-refractivity contribution in [1.29, 1.82) is 0 Å². The third kappa shape index (κ3) is 3.31. The van der Waals surface area contributed by atoms with E-state index in [1.54, 1.807) is 12.1 Å². The van der Waals surface area contributed by atoms with Crippen LogP contribution >= 0.6 is 0 Å². The highest BCUT2D eigenvalue weighted by Gasteiger charge is 2.04. The van der Waals surface area contributed by atoms with E-state index in [2.05, 4.69) is 21.8 Å². The Bertz CT molecular complexity index is 548. The zero-order valence-corrected chi connectivity index (χ0v) is 10.7. The SMILES string of the molecule is CCCn1cncc1CNc1ccc([N+](=O)[O-])cc1. The van der Waals surface area contributed by atoms with Gasteiger partial charge in [0.05, 0.1) is 23.5 Å². The van der Waals surface area contributed by atoms with E-state index in [4.69, 9.17) is 0 Å². The summed E-state index contributed by atoms with van der Waals surface area (Å²) in [5.41, 5.74) is 2.05. The smallest absolute Gasteiger partial charge is 0.269 e. The lowest BCUT2D eigenvalue weighted by Crippen LogP contribution is -2.06. The molecule has 1 heterocycles. The Morgan fingerprint density at radius 2 is 2.11 bits per heavy atom. The molecule has 100 valence electrons. The highest BCUT2D eigenvalue weighted by molar-refractivity contribution is 5.48. The molecule has 0 bridgehead atoms. The first-order valence-electron chi connectivity index (χ1n) is 6.18. The Balaban J connectivity index is 1.98. The Morgan fingerprint density at radius 3 is 2.74 bits per heavy atom. The molecule has 1 aromatic carbocycles. The monoisotopic (exact) mass is 260 g/mol. The minimum absolute atomic E-state index is 0.0987. The summed E-state index contributed by atoms with van der Waals surface area (Å²) in [6.45, 7) is 3.71. The number of aryl methyl sites for hydroxylation is 1. The maximum absolute atomic E-state index is 10.5. The normalized spacial score (nSPS) is 10.4. The van der Waals surface area contributed by atoms with Gasteiger partial charge >= 0.3 is 0 Å². The number of hydrogen-bond donors (Lipinski definition) is 1. The molecule has 0 aliphatic carbocycles. The molecule has 0 fully saturated rings. The van der Waals surface area contributed by atoms with E-state index in [0.29, 0.717) is 6.54 Å². The van der Waals surface area contributed by atoms with Crippen LogP contribution in [-0.2, 0) is 13.1 Å². The number of nitro benzene ring substituents is 1. The molecule has 0 unspecified atom stereocenters. The second-order valence-electron chi connectivity index (χ2n) is 4.24. The van der Waals surface area contributed by atoms with Crippen molar-refractivity contribution >= 4 is 11.4 Å². The molecule has 0 radical (unpaired) electrons. The van der Waals surface area contributed by atoms with E-state index in [1.165, 1.54) is 12.1 Å². The van der Waals surface area contributed by atoms with Gasteiger partial charge < -0.3 is 9.88 Å². The molecule has 0 saturated heterocycles. The zero-order valence-electron chi connectivity index (χ0n) is 10.7. The molecular formula is C13H16N4O2. The first-order chi connectivity index (χ1) is 9.20. The largest absolute Gasteiger partial charge is 0.379 e. The number of aromatic nitrogens is 2. The van der Waals surface area contributed by atoms with E-state index in [-0.39, 0.29) is 5.69 Å². The first kappa shape index (κ1) is 13.1. The van der Waals surface area contributed by atoms with Gasteiger partial charge in [-0.2, -0.15) is 0 Å². The van der Waals surface area contributed by atoms with Gasteiger partial charge in [-0.25, -0.2) is 4.98 Å². The van der Waals surface area contributed by atoms with Gasteiger partial charge in [-0.1, -0.05) is 6.92 Å².